The van der Waals surface area contributed by atoms with Crippen molar-refractivity contribution in [3.8, 4) is 0 Å². The van der Waals surface area contributed by atoms with Crippen molar-refractivity contribution in [2.45, 2.75) is 161 Å². The van der Waals surface area contributed by atoms with Crippen molar-refractivity contribution in [2.24, 2.45) is 0 Å². The fourth-order valence-electron chi connectivity index (χ4n) is 4.40. The van der Waals surface area contributed by atoms with Gasteiger partial charge in [-0.15, -0.1) is 0 Å². The Morgan fingerprint density at radius 3 is 1.62 bits per heavy atom. The zero-order chi connectivity index (χ0) is 27.2. The number of nitrogens with one attached hydrogen (secondary N) is 1. The summed E-state index contributed by atoms with van der Waals surface area (Å²) in [7, 11) is 0. The highest BCUT2D eigenvalue weighted by Crippen LogP contribution is 2.12. The van der Waals surface area contributed by atoms with Gasteiger partial charge in [0, 0.05) is 6.42 Å². The van der Waals surface area contributed by atoms with E-state index in [0.717, 1.165) is 25.7 Å². The third-order valence-electron chi connectivity index (χ3n) is 6.88. The third kappa shape index (κ3) is 26.0. The van der Waals surface area contributed by atoms with Crippen molar-refractivity contribution >= 4 is 5.91 Å². The fraction of sp³-hybridized carbons (Fsp3) is 0.788. The molecule has 0 spiro atoms. The summed E-state index contributed by atoms with van der Waals surface area (Å²) >= 11 is 0. The second-order valence-corrected chi connectivity index (χ2v) is 10.5. The molecule has 0 aliphatic carbocycles. The van der Waals surface area contributed by atoms with E-state index in [1.165, 1.54) is 96.3 Å². The largest absolute Gasteiger partial charge is 0.394 e. The predicted molar refractivity (Wildman–Crippen MR) is 161 cm³/mol. The second kappa shape index (κ2) is 29.2. The maximum Gasteiger partial charge on any atom is 0.220 e. The van der Waals surface area contributed by atoms with Gasteiger partial charge in [0.15, 0.2) is 0 Å². The minimum absolute atomic E-state index is 0.135. The Bertz CT molecular complexity index is 570. The highest BCUT2D eigenvalue weighted by molar-refractivity contribution is 5.76. The van der Waals surface area contributed by atoms with Gasteiger partial charge in [0.05, 0.1) is 18.8 Å². The lowest BCUT2D eigenvalue weighted by Gasteiger charge is -2.19. The molecule has 0 aromatic carbocycles. The SMILES string of the molecule is CCCCCCCC/C=C\C/C=C\CCC(=O)NC(CO)C(O)/C=C/CCCCCCCCCCCC. The van der Waals surface area contributed by atoms with E-state index in [9.17, 15) is 15.0 Å². The van der Waals surface area contributed by atoms with Crippen LogP contribution in [0.5, 0.6) is 0 Å². The van der Waals surface area contributed by atoms with Crippen LogP contribution in [0.15, 0.2) is 36.5 Å². The highest BCUT2D eigenvalue weighted by atomic mass is 16.3. The third-order valence-corrected chi connectivity index (χ3v) is 6.88. The smallest absolute Gasteiger partial charge is 0.220 e. The topological polar surface area (TPSA) is 69.6 Å². The molecule has 0 heterocycles. The Morgan fingerprint density at radius 1 is 0.649 bits per heavy atom. The van der Waals surface area contributed by atoms with E-state index in [1.54, 1.807) is 6.08 Å². The van der Waals surface area contributed by atoms with Crippen molar-refractivity contribution in [1.82, 2.24) is 5.32 Å². The number of carbonyl (C=O) groups excluding carboxylic acids is 1. The van der Waals surface area contributed by atoms with E-state index < -0.39 is 12.1 Å². The number of amides is 1. The summed E-state index contributed by atoms with van der Waals surface area (Å²) < 4.78 is 0. The molecule has 2 unspecified atom stereocenters. The molecule has 0 aliphatic rings. The number of hydrogen-bond acceptors (Lipinski definition) is 3. The van der Waals surface area contributed by atoms with Gasteiger partial charge in [-0.2, -0.15) is 0 Å². The Morgan fingerprint density at radius 2 is 1.11 bits per heavy atom. The van der Waals surface area contributed by atoms with Crippen molar-refractivity contribution in [3.05, 3.63) is 36.5 Å². The summed E-state index contributed by atoms with van der Waals surface area (Å²) in [5.41, 5.74) is 0. The first-order chi connectivity index (χ1) is 18.2. The molecule has 0 aromatic heterocycles. The molecule has 0 rings (SSSR count). The maximum absolute atomic E-state index is 12.2. The Balaban J connectivity index is 3.79. The lowest BCUT2D eigenvalue weighted by molar-refractivity contribution is -0.122. The summed E-state index contributed by atoms with van der Waals surface area (Å²) in [4.78, 5) is 12.2. The molecule has 0 bridgehead atoms. The average Bonchev–Trinajstić information content (AvgIpc) is 2.90. The number of hydrogen-bond donors (Lipinski definition) is 3. The molecule has 0 aromatic rings. The molecule has 0 saturated heterocycles. The van der Waals surface area contributed by atoms with Crippen LogP contribution in [0.3, 0.4) is 0 Å². The summed E-state index contributed by atoms with van der Waals surface area (Å²) in [6.07, 6.45) is 36.5. The molecule has 37 heavy (non-hydrogen) atoms. The number of aliphatic hydroxyl groups is 2. The number of allylic oxidation sites excluding steroid dienone is 5. The molecule has 4 nitrogen and oxygen atoms in total. The first-order valence-corrected chi connectivity index (χ1v) is 15.7. The van der Waals surface area contributed by atoms with Crippen molar-refractivity contribution < 1.29 is 15.0 Å². The second-order valence-electron chi connectivity index (χ2n) is 10.5. The van der Waals surface area contributed by atoms with Crippen LogP contribution in [0.1, 0.15) is 149 Å². The minimum Gasteiger partial charge on any atom is -0.394 e. The molecule has 3 N–H and O–H groups in total. The zero-order valence-electron chi connectivity index (χ0n) is 24.5. The van der Waals surface area contributed by atoms with Crippen LogP contribution in [0, 0.1) is 0 Å². The fourth-order valence-corrected chi connectivity index (χ4v) is 4.40. The standard InChI is InChI=1S/C33H61NO3/c1-3-5-7-9-11-13-15-17-19-21-23-25-27-29-33(37)34-31(30-35)32(36)28-26-24-22-20-18-16-14-12-10-8-6-4-2/h17,19,23,25-26,28,31-32,35-36H,3-16,18,20-22,24,27,29-30H2,1-2H3,(H,34,37)/b19-17-,25-23-,28-26+. The normalized spacial score (nSPS) is 13.7. The molecule has 0 aliphatic heterocycles. The van der Waals surface area contributed by atoms with E-state index in [2.05, 4.69) is 37.4 Å². The lowest BCUT2D eigenvalue weighted by Crippen LogP contribution is -2.45. The molecule has 0 saturated carbocycles. The molecular weight excluding hydrogens is 458 g/mol. The van der Waals surface area contributed by atoms with Crippen LogP contribution < -0.4 is 5.32 Å². The van der Waals surface area contributed by atoms with Gasteiger partial charge in [-0.05, 0) is 38.5 Å². The average molecular weight is 520 g/mol. The van der Waals surface area contributed by atoms with Crippen LogP contribution in [0.4, 0.5) is 0 Å². The zero-order valence-corrected chi connectivity index (χ0v) is 24.5. The molecule has 4 heteroatoms. The van der Waals surface area contributed by atoms with Crippen molar-refractivity contribution in [1.29, 1.82) is 0 Å². The highest BCUT2D eigenvalue weighted by Gasteiger charge is 2.17. The van der Waals surface area contributed by atoms with Gasteiger partial charge >= 0.3 is 0 Å². The van der Waals surface area contributed by atoms with Crippen molar-refractivity contribution in [3.63, 3.8) is 0 Å². The number of carbonyl (C=O) groups is 1. The molecule has 0 fully saturated rings. The summed E-state index contributed by atoms with van der Waals surface area (Å²) in [6.45, 7) is 4.23. The monoisotopic (exact) mass is 519 g/mol. The molecule has 2 atom stereocenters. The van der Waals surface area contributed by atoms with Crippen LogP contribution in [0.25, 0.3) is 0 Å². The van der Waals surface area contributed by atoms with Crippen LogP contribution in [0.2, 0.25) is 0 Å². The minimum atomic E-state index is -0.857. The Hall–Kier alpha value is -1.39. The molecular formula is C33H61NO3. The van der Waals surface area contributed by atoms with Gasteiger partial charge in [0.2, 0.25) is 5.91 Å². The Labute approximate surface area is 230 Å². The van der Waals surface area contributed by atoms with Gasteiger partial charge in [-0.25, -0.2) is 0 Å². The molecule has 0 radical (unpaired) electrons. The van der Waals surface area contributed by atoms with Crippen LogP contribution in [-0.2, 0) is 4.79 Å². The van der Waals surface area contributed by atoms with E-state index in [0.29, 0.717) is 12.8 Å². The van der Waals surface area contributed by atoms with Gasteiger partial charge in [-0.3, -0.25) is 4.79 Å². The lowest BCUT2D eigenvalue weighted by atomic mass is 10.1. The molecule has 216 valence electrons. The number of unbranched alkanes of at least 4 members (excludes halogenated alkanes) is 16. The first kappa shape index (κ1) is 35.6. The number of rotatable bonds is 27. The van der Waals surface area contributed by atoms with Gasteiger partial charge < -0.3 is 15.5 Å². The van der Waals surface area contributed by atoms with Crippen LogP contribution >= 0.6 is 0 Å². The van der Waals surface area contributed by atoms with Crippen LogP contribution in [-0.4, -0.2) is 34.9 Å². The van der Waals surface area contributed by atoms with E-state index >= 15 is 0 Å². The van der Waals surface area contributed by atoms with Crippen molar-refractivity contribution in [2.75, 3.05) is 6.61 Å². The summed E-state index contributed by atoms with van der Waals surface area (Å²) in [5, 5.41) is 22.7. The quantitative estimate of drug-likeness (QED) is 0.0750. The van der Waals surface area contributed by atoms with Gasteiger partial charge in [0.1, 0.15) is 0 Å². The van der Waals surface area contributed by atoms with E-state index in [4.69, 9.17) is 0 Å². The molecule has 1 amide bonds. The van der Waals surface area contributed by atoms with Gasteiger partial charge in [-0.1, -0.05) is 140 Å². The predicted octanol–water partition coefficient (Wildman–Crippen LogP) is 8.72. The van der Waals surface area contributed by atoms with E-state index in [1.807, 2.05) is 12.2 Å². The maximum atomic E-state index is 12.2. The number of aliphatic hydroxyl groups excluding tert-OH is 2. The summed E-state index contributed by atoms with van der Waals surface area (Å²) in [5.74, 6) is -0.135. The summed E-state index contributed by atoms with van der Waals surface area (Å²) in [6, 6.07) is -0.648. The van der Waals surface area contributed by atoms with E-state index in [-0.39, 0.29) is 12.5 Å². The first-order valence-electron chi connectivity index (χ1n) is 15.7. The Kier molecular flexibility index (Phi) is 28.1. The van der Waals surface area contributed by atoms with Gasteiger partial charge in [0.25, 0.3) is 0 Å².